The van der Waals surface area contributed by atoms with Crippen molar-refractivity contribution in [2.45, 2.75) is 18.9 Å². The van der Waals surface area contributed by atoms with E-state index in [1.807, 2.05) is 23.1 Å². The molecule has 2 heterocycles. The summed E-state index contributed by atoms with van der Waals surface area (Å²) in [5.74, 6) is -0.235. The minimum absolute atomic E-state index is 0. The van der Waals surface area contributed by atoms with Gasteiger partial charge in [0.25, 0.3) is 0 Å². The highest BCUT2D eigenvalue weighted by molar-refractivity contribution is 6.30. The third-order valence-electron chi connectivity index (χ3n) is 4.75. The summed E-state index contributed by atoms with van der Waals surface area (Å²) >= 11 is 6.10. The van der Waals surface area contributed by atoms with Crippen LogP contribution in [0.25, 0.3) is 0 Å². The van der Waals surface area contributed by atoms with E-state index >= 15 is 0 Å². The monoisotopic (exact) mass is 371 g/mol. The first-order chi connectivity index (χ1) is 11.1. The standard InChI is InChI=1S/C17H22ClN3O2.ClH/c1-20-15(22)11-14(16(20)12-4-2-5-13(18)10-12)17(23)21-8-3-6-19-7-9-21;/h2,4-5,10,14,16,19H,3,6-9,11H2,1H3;1H. The number of hydrogen-bond donors (Lipinski definition) is 1. The maximum atomic E-state index is 13.0. The van der Waals surface area contributed by atoms with Crippen LogP contribution in [-0.2, 0) is 9.59 Å². The highest BCUT2D eigenvalue weighted by Gasteiger charge is 2.44. The zero-order chi connectivity index (χ0) is 16.4. The number of amides is 2. The number of halogens is 2. The van der Waals surface area contributed by atoms with Gasteiger partial charge in [-0.05, 0) is 30.7 Å². The van der Waals surface area contributed by atoms with Crippen LogP contribution in [0.5, 0.6) is 0 Å². The van der Waals surface area contributed by atoms with Crippen LogP contribution in [0.3, 0.4) is 0 Å². The summed E-state index contributed by atoms with van der Waals surface area (Å²) < 4.78 is 0. The highest BCUT2D eigenvalue weighted by Crippen LogP contribution is 2.38. The molecule has 0 aromatic heterocycles. The second kappa shape index (κ2) is 8.19. The molecule has 132 valence electrons. The van der Waals surface area contributed by atoms with Crippen LogP contribution >= 0.6 is 24.0 Å². The fourth-order valence-corrected chi connectivity index (χ4v) is 3.74. The van der Waals surface area contributed by atoms with E-state index in [-0.39, 0.29) is 42.6 Å². The van der Waals surface area contributed by atoms with E-state index in [9.17, 15) is 9.59 Å². The van der Waals surface area contributed by atoms with Crippen LogP contribution in [0.1, 0.15) is 24.4 Å². The lowest BCUT2D eigenvalue weighted by Crippen LogP contribution is -2.40. The molecular formula is C17H23Cl2N3O2. The Bertz CT molecular complexity index is 603. The number of carbonyl (C=O) groups excluding carboxylic acids is 2. The largest absolute Gasteiger partial charge is 0.341 e. The average Bonchev–Trinajstić information content (AvgIpc) is 2.73. The molecule has 2 amide bonds. The highest BCUT2D eigenvalue weighted by atomic mass is 35.5. The van der Waals surface area contributed by atoms with Crippen molar-refractivity contribution < 1.29 is 9.59 Å². The van der Waals surface area contributed by atoms with Gasteiger partial charge in [0.05, 0.1) is 12.0 Å². The molecule has 3 rings (SSSR count). The van der Waals surface area contributed by atoms with Crippen LogP contribution in [0, 0.1) is 5.92 Å². The van der Waals surface area contributed by atoms with E-state index in [1.165, 1.54) is 0 Å². The second-order valence-corrected chi connectivity index (χ2v) is 6.68. The zero-order valence-electron chi connectivity index (χ0n) is 13.7. The lowest BCUT2D eigenvalue weighted by molar-refractivity contribution is -0.136. The summed E-state index contributed by atoms with van der Waals surface area (Å²) in [5, 5.41) is 3.93. The molecule has 2 aliphatic rings. The lowest BCUT2D eigenvalue weighted by Gasteiger charge is -2.29. The summed E-state index contributed by atoms with van der Waals surface area (Å²) in [6.07, 6.45) is 1.22. The third kappa shape index (κ3) is 3.85. The van der Waals surface area contributed by atoms with E-state index in [4.69, 9.17) is 11.6 Å². The molecule has 24 heavy (non-hydrogen) atoms. The molecule has 1 aromatic rings. The number of benzene rings is 1. The van der Waals surface area contributed by atoms with Crippen molar-refractivity contribution in [3.05, 3.63) is 34.9 Å². The van der Waals surface area contributed by atoms with Gasteiger partial charge in [0.2, 0.25) is 11.8 Å². The van der Waals surface area contributed by atoms with E-state index in [0.717, 1.165) is 31.6 Å². The Kier molecular flexibility index (Phi) is 6.49. The van der Waals surface area contributed by atoms with Crippen molar-refractivity contribution in [1.29, 1.82) is 0 Å². The molecule has 1 N–H and O–H groups in total. The molecule has 7 heteroatoms. The van der Waals surface area contributed by atoms with Crippen molar-refractivity contribution in [1.82, 2.24) is 15.1 Å². The molecule has 0 radical (unpaired) electrons. The number of hydrogen-bond acceptors (Lipinski definition) is 3. The van der Waals surface area contributed by atoms with Gasteiger partial charge in [-0.1, -0.05) is 23.7 Å². The van der Waals surface area contributed by atoms with Gasteiger partial charge in [0.1, 0.15) is 0 Å². The number of nitrogens with zero attached hydrogens (tertiary/aromatic N) is 2. The topological polar surface area (TPSA) is 52.7 Å². The van der Waals surface area contributed by atoms with Gasteiger partial charge < -0.3 is 15.1 Å². The Balaban J connectivity index is 0.00000208. The fourth-order valence-electron chi connectivity index (χ4n) is 3.54. The van der Waals surface area contributed by atoms with E-state index in [1.54, 1.807) is 18.0 Å². The summed E-state index contributed by atoms with van der Waals surface area (Å²) in [4.78, 5) is 28.8. The van der Waals surface area contributed by atoms with E-state index < -0.39 is 0 Å². The Morgan fingerprint density at radius 1 is 1.29 bits per heavy atom. The van der Waals surface area contributed by atoms with E-state index in [2.05, 4.69) is 5.32 Å². The molecule has 5 nitrogen and oxygen atoms in total. The van der Waals surface area contributed by atoms with E-state index in [0.29, 0.717) is 11.6 Å². The number of rotatable bonds is 2. The number of nitrogens with one attached hydrogen (secondary N) is 1. The zero-order valence-corrected chi connectivity index (χ0v) is 15.3. The molecule has 2 unspecified atom stereocenters. The van der Waals surface area contributed by atoms with Gasteiger partial charge >= 0.3 is 0 Å². The first kappa shape index (κ1) is 19.0. The van der Waals surface area contributed by atoms with Crippen LogP contribution < -0.4 is 5.32 Å². The Morgan fingerprint density at radius 3 is 2.83 bits per heavy atom. The summed E-state index contributed by atoms with van der Waals surface area (Å²) in [7, 11) is 1.77. The lowest BCUT2D eigenvalue weighted by atomic mass is 9.92. The van der Waals surface area contributed by atoms with Crippen molar-refractivity contribution in [2.75, 3.05) is 33.2 Å². The summed E-state index contributed by atoms with van der Waals surface area (Å²) in [6, 6.07) is 7.23. The summed E-state index contributed by atoms with van der Waals surface area (Å²) in [6.45, 7) is 3.20. The fraction of sp³-hybridized carbons (Fsp3) is 0.529. The van der Waals surface area contributed by atoms with Gasteiger partial charge in [-0.2, -0.15) is 0 Å². The molecule has 2 fully saturated rings. The Morgan fingerprint density at radius 2 is 2.08 bits per heavy atom. The van der Waals surface area contributed by atoms with Crippen molar-refractivity contribution in [3.63, 3.8) is 0 Å². The predicted octanol–water partition coefficient (Wildman–Crippen LogP) is 2.10. The van der Waals surface area contributed by atoms with Gasteiger partial charge in [0, 0.05) is 38.1 Å². The SMILES string of the molecule is CN1C(=O)CC(C(=O)N2CCCNCC2)C1c1cccc(Cl)c1.Cl. The average molecular weight is 372 g/mol. The van der Waals surface area contributed by atoms with Crippen LogP contribution in [0.4, 0.5) is 0 Å². The van der Waals surface area contributed by atoms with Gasteiger partial charge in [-0.25, -0.2) is 0 Å². The number of likely N-dealkylation sites (tertiary alicyclic amines) is 1. The molecule has 0 spiro atoms. The molecule has 2 aliphatic heterocycles. The first-order valence-corrected chi connectivity index (χ1v) is 8.46. The summed E-state index contributed by atoms with van der Waals surface area (Å²) in [5.41, 5.74) is 0.928. The quantitative estimate of drug-likeness (QED) is 0.865. The van der Waals surface area contributed by atoms with Crippen LogP contribution in [-0.4, -0.2) is 54.8 Å². The predicted molar refractivity (Wildman–Crippen MR) is 96.4 cm³/mol. The van der Waals surface area contributed by atoms with Crippen molar-refractivity contribution in [3.8, 4) is 0 Å². The van der Waals surface area contributed by atoms with Crippen molar-refractivity contribution >= 4 is 35.8 Å². The van der Waals surface area contributed by atoms with Crippen LogP contribution in [0.2, 0.25) is 5.02 Å². The Hall–Kier alpha value is -1.30. The second-order valence-electron chi connectivity index (χ2n) is 6.24. The molecule has 2 atom stereocenters. The number of carbonyl (C=O) groups is 2. The molecule has 2 saturated heterocycles. The minimum atomic E-state index is -0.330. The molecule has 1 aromatic carbocycles. The van der Waals surface area contributed by atoms with Gasteiger partial charge in [-0.3, -0.25) is 9.59 Å². The Labute approximate surface area is 153 Å². The van der Waals surface area contributed by atoms with Gasteiger partial charge in [0.15, 0.2) is 0 Å². The molecular weight excluding hydrogens is 349 g/mol. The minimum Gasteiger partial charge on any atom is -0.341 e. The third-order valence-corrected chi connectivity index (χ3v) is 4.98. The molecule has 0 saturated carbocycles. The normalized spacial score (nSPS) is 24.5. The smallest absolute Gasteiger partial charge is 0.228 e. The molecule has 0 aliphatic carbocycles. The maximum Gasteiger partial charge on any atom is 0.228 e. The van der Waals surface area contributed by atoms with Crippen LogP contribution in [0.15, 0.2) is 24.3 Å². The van der Waals surface area contributed by atoms with Crippen molar-refractivity contribution in [2.24, 2.45) is 5.92 Å². The van der Waals surface area contributed by atoms with Gasteiger partial charge in [-0.15, -0.1) is 12.4 Å². The maximum absolute atomic E-state index is 13.0. The first-order valence-electron chi connectivity index (χ1n) is 8.08. The molecule has 0 bridgehead atoms.